The number of amides is 2. The minimum atomic E-state index is -0.716. The molecule has 7 nitrogen and oxygen atoms in total. The minimum Gasteiger partial charge on any atom is -0.508 e. The molecule has 0 aliphatic heterocycles. The number of nitrogens with two attached hydrogens (primary N) is 1. The van der Waals surface area contributed by atoms with E-state index in [1.54, 1.807) is 30.5 Å². The van der Waals surface area contributed by atoms with Crippen LogP contribution in [0.5, 0.6) is 17.2 Å². The van der Waals surface area contributed by atoms with E-state index in [4.69, 9.17) is 22.1 Å². The molecule has 25 heavy (non-hydrogen) atoms. The monoisotopic (exact) mass is 359 g/mol. The molecule has 3 rings (SSSR count). The number of primary amides is 1. The van der Waals surface area contributed by atoms with Gasteiger partial charge < -0.3 is 26.0 Å². The summed E-state index contributed by atoms with van der Waals surface area (Å²) < 4.78 is 5.84. The van der Waals surface area contributed by atoms with Crippen LogP contribution < -0.4 is 15.8 Å². The number of anilines is 1. The summed E-state index contributed by atoms with van der Waals surface area (Å²) in [7, 11) is 0. The molecule has 0 bridgehead atoms. The molecule has 5 N–H and O–H groups in total. The Kier molecular flexibility index (Phi) is 4.60. The maximum atomic E-state index is 10.9. The molecular weight excluding hydrogens is 346 g/mol. The normalized spacial score (nSPS) is 10.6. The summed E-state index contributed by atoms with van der Waals surface area (Å²) in [6, 6.07) is 8.73. The summed E-state index contributed by atoms with van der Waals surface area (Å²) in [5.41, 5.74) is 6.32. The van der Waals surface area contributed by atoms with Crippen molar-refractivity contribution in [2.75, 3.05) is 5.32 Å². The highest BCUT2D eigenvalue weighted by atomic mass is 35.5. The number of rotatable bonds is 4. The molecule has 0 spiro atoms. The number of aliphatic hydroxyl groups is 1. The Morgan fingerprint density at radius 2 is 2.08 bits per heavy atom. The number of aromatic nitrogens is 1. The summed E-state index contributed by atoms with van der Waals surface area (Å²) in [6.07, 6.45) is 1.54. The standard InChI is InChI=1S/C17H14ClN3O4/c18-12-6-10(1-2-13(12)21-17(19)24)25-16-3-4-20-14-7-15(23)9(8-22)5-11(14)16/h1-7,22-23H,8H2,(H3,19,21,24). The fourth-order valence-corrected chi connectivity index (χ4v) is 2.56. The van der Waals surface area contributed by atoms with Crippen LogP contribution in [0.15, 0.2) is 42.6 Å². The van der Waals surface area contributed by atoms with Gasteiger partial charge in [-0.2, -0.15) is 0 Å². The van der Waals surface area contributed by atoms with E-state index in [1.165, 1.54) is 12.1 Å². The Bertz CT molecular complexity index is 962. The lowest BCUT2D eigenvalue weighted by molar-refractivity contribution is 0.259. The Morgan fingerprint density at radius 1 is 1.28 bits per heavy atom. The number of carbonyl (C=O) groups excluding carboxylic acids is 1. The average molecular weight is 360 g/mol. The lowest BCUT2D eigenvalue weighted by Gasteiger charge is -2.12. The Morgan fingerprint density at radius 3 is 2.76 bits per heavy atom. The minimum absolute atomic E-state index is 0.0374. The van der Waals surface area contributed by atoms with E-state index < -0.39 is 6.03 Å². The van der Waals surface area contributed by atoms with Crippen molar-refractivity contribution in [3.05, 3.63) is 53.2 Å². The molecule has 2 amide bonds. The van der Waals surface area contributed by atoms with E-state index in [9.17, 15) is 15.0 Å². The molecule has 0 fully saturated rings. The first-order chi connectivity index (χ1) is 12.0. The molecule has 0 aliphatic rings. The van der Waals surface area contributed by atoms with Crippen molar-refractivity contribution in [1.29, 1.82) is 0 Å². The molecule has 1 aromatic heterocycles. The number of fused-ring (bicyclic) bond motifs is 1. The number of pyridine rings is 1. The number of halogens is 1. The molecule has 2 aromatic carbocycles. The second-order valence-electron chi connectivity index (χ2n) is 5.20. The summed E-state index contributed by atoms with van der Waals surface area (Å²) in [4.78, 5) is 15.1. The number of carbonyl (C=O) groups is 1. The van der Waals surface area contributed by atoms with Crippen LogP contribution in [0, 0.1) is 0 Å². The van der Waals surface area contributed by atoms with Gasteiger partial charge in [0.15, 0.2) is 0 Å². The zero-order valence-corrected chi connectivity index (χ0v) is 13.6. The maximum absolute atomic E-state index is 10.9. The van der Waals surface area contributed by atoms with Gasteiger partial charge in [0, 0.05) is 29.3 Å². The molecular formula is C17H14ClN3O4. The van der Waals surface area contributed by atoms with Crippen molar-refractivity contribution in [2.24, 2.45) is 5.73 Å². The quantitative estimate of drug-likeness (QED) is 0.569. The third kappa shape index (κ3) is 3.57. The van der Waals surface area contributed by atoms with Crippen LogP contribution in [0.4, 0.5) is 10.5 Å². The van der Waals surface area contributed by atoms with Crippen molar-refractivity contribution in [3.63, 3.8) is 0 Å². The van der Waals surface area contributed by atoms with E-state index in [0.717, 1.165) is 0 Å². The Balaban J connectivity index is 1.98. The van der Waals surface area contributed by atoms with E-state index in [-0.39, 0.29) is 17.4 Å². The van der Waals surface area contributed by atoms with Crippen LogP contribution >= 0.6 is 11.6 Å². The number of nitrogens with zero attached hydrogens (tertiary/aromatic N) is 1. The van der Waals surface area contributed by atoms with Gasteiger partial charge in [0.05, 0.1) is 22.8 Å². The zero-order chi connectivity index (χ0) is 18.0. The van der Waals surface area contributed by atoms with Crippen molar-refractivity contribution in [3.8, 4) is 17.2 Å². The number of hydrogen-bond acceptors (Lipinski definition) is 5. The number of aliphatic hydroxyl groups excluding tert-OH is 1. The number of aromatic hydroxyl groups is 1. The predicted molar refractivity (Wildman–Crippen MR) is 94.1 cm³/mol. The first kappa shape index (κ1) is 16.8. The largest absolute Gasteiger partial charge is 0.508 e. The highest BCUT2D eigenvalue weighted by Crippen LogP contribution is 2.34. The van der Waals surface area contributed by atoms with Crippen LogP contribution in [0.1, 0.15) is 5.56 Å². The molecule has 0 aliphatic carbocycles. The van der Waals surface area contributed by atoms with Crippen LogP contribution in [0.3, 0.4) is 0 Å². The lowest BCUT2D eigenvalue weighted by Crippen LogP contribution is -2.19. The van der Waals surface area contributed by atoms with Crippen molar-refractivity contribution in [2.45, 2.75) is 6.61 Å². The van der Waals surface area contributed by atoms with Gasteiger partial charge in [-0.05, 0) is 24.3 Å². The number of hydrogen-bond donors (Lipinski definition) is 4. The molecule has 8 heteroatoms. The van der Waals surface area contributed by atoms with Gasteiger partial charge >= 0.3 is 6.03 Å². The second-order valence-corrected chi connectivity index (χ2v) is 5.61. The van der Waals surface area contributed by atoms with Crippen LogP contribution in [0.2, 0.25) is 5.02 Å². The second kappa shape index (κ2) is 6.84. The third-order valence-electron chi connectivity index (χ3n) is 3.50. The van der Waals surface area contributed by atoms with Gasteiger partial charge in [0.1, 0.15) is 17.2 Å². The zero-order valence-electron chi connectivity index (χ0n) is 12.9. The van der Waals surface area contributed by atoms with E-state index in [0.29, 0.717) is 33.7 Å². The highest BCUT2D eigenvalue weighted by Gasteiger charge is 2.11. The first-order valence-electron chi connectivity index (χ1n) is 7.23. The van der Waals surface area contributed by atoms with Gasteiger partial charge in [0.2, 0.25) is 0 Å². The van der Waals surface area contributed by atoms with Crippen LogP contribution in [-0.2, 0) is 6.61 Å². The Hall–Kier alpha value is -3.03. The van der Waals surface area contributed by atoms with Gasteiger partial charge in [-0.15, -0.1) is 0 Å². The van der Waals surface area contributed by atoms with Crippen molar-refractivity contribution < 1.29 is 19.7 Å². The van der Waals surface area contributed by atoms with Crippen LogP contribution in [-0.4, -0.2) is 21.2 Å². The van der Waals surface area contributed by atoms with E-state index in [2.05, 4.69) is 10.3 Å². The number of phenols is 1. The van der Waals surface area contributed by atoms with E-state index in [1.807, 2.05) is 0 Å². The van der Waals surface area contributed by atoms with Gasteiger partial charge in [-0.25, -0.2) is 4.79 Å². The van der Waals surface area contributed by atoms with Crippen LogP contribution in [0.25, 0.3) is 10.9 Å². The van der Waals surface area contributed by atoms with Crippen molar-refractivity contribution in [1.82, 2.24) is 4.98 Å². The van der Waals surface area contributed by atoms with Gasteiger partial charge in [-0.1, -0.05) is 11.6 Å². The summed E-state index contributed by atoms with van der Waals surface area (Å²) >= 11 is 6.10. The Labute approximate surface area is 147 Å². The molecule has 0 atom stereocenters. The summed E-state index contributed by atoms with van der Waals surface area (Å²) in [5, 5.41) is 22.4. The lowest BCUT2D eigenvalue weighted by atomic mass is 10.1. The third-order valence-corrected chi connectivity index (χ3v) is 3.81. The van der Waals surface area contributed by atoms with E-state index >= 15 is 0 Å². The predicted octanol–water partition coefficient (Wildman–Crippen LogP) is 3.37. The molecule has 0 radical (unpaired) electrons. The highest BCUT2D eigenvalue weighted by molar-refractivity contribution is 6.33. The summed E-state index contributed by atoms with van der Waals surface area (Å²) in [6.45, 7) is -0.310. The SMILES string of the molecule is NC(=O)Nc1ccc(Oc2ccnc3cc(O)c(CO)cc23)cc1Cl. The first-order valence-corrected chi connectivity index (χ1v) is 7.61. The molecule has 1 heterocycles. The molecule has 0 saturated carbocycles. The number of urea groups is 1. The molecule has 3 aromatic rings. The fourth-order valence-electron chi connectivity index (χ4n) is 2.34. The number of ether oxygens (including phenoxy) is 1. The maximum Gasteiger partial charge on any atom is 0.316 e. The average Bonchev–Trinajstić information content (AvgIpc) is 2.56. The smallest absolute Gasteiger partial charge is 0.316 e. The molecule has 0 unspecified atom stereocenters. The summed E-state index contributed by atoms with van der Waals surface area (Å²) in [5.74, 6) is 0.877. The fraction of sp³-hybridized carbons (Fsp3) is 0.0588. The van der Waals surface area contributed by atoms with Gasteiger partial charge in [0.25, 0.3) is 0 Å². The van der Waals surface area contributed by atoms with Crippen molar-refractivity contribution >= 4 is 34.2 Å². The molecule has 128 valence electrons. The topological polar surface area (TPSA) is 118 Å². The number of nitrogens with one attached hydrogen (secondary N) is 1. The number of benzene rings is 2. The molecule has 0 saturated heterocycles. The van der Waals surface area contributed by atoms with Gasteiger partial charge in [-0.3, -0.25) is 4.98 Å².